The fraction of sp³-hybridized carbons (Fsp3) is 0.400. The summed E-state index contributed by atoms with van der Waals surface area (Å²) in [6.07, 6.45) is -0.0303. The van der Waals surface area contributed by atoms with Gasteiger partial charge in [0.25, 0.3) is 0 Å². The van der Waals surface area contributed by atoms with E-state index in [-0.39, 0.29) is 0 Å². The van der Waals surface area contributed by atoms with Gasteiger partial charge in [-0.05, 0) is 39.8 Å². The SMILES string of the molecule is OC1Cc2cccc(I)c2CC1O. The summed E-state index contributed by atoms with van der Waals surface area (Å²) in [6.45, 7) is 0. The van der Waals surface area contributed by atoms with Crippen LogP contribution in [-0.2, 0) is 12.8 Å². The van der Waals surface area contributed by atoms with Crippen LogP contribution < -0.4 is 0 Å². The van der Waals surface area contributed by atoms with Gasteiger partial charge in [0.2, 0.25) is 0 Å². The van der Waals surface area contributed by atoms with E-state index >= 15 is 0 Å². The van der Waals surface area contributed by atoms with E-state index in [0.717, 1.165) is 0 Å². The Kier molecular flexibility index (Phi) is 2.58. The monoisotopic (exact) mass is 290 g/mol. The molecule has 0 aliphatic heterocycles. The quantitative estimate of drug-likeness (QED) is 0.703. The number of halogens is 1. The molecule has 0 bridgehead atoms. The van der Waals surface area contributed by atoms with Crippen molar-refractivity contribution in [2.45, 2.75) is 25.0 Å². The highest BCUT2D eigenvalue weighted by molar-refractivity contribution is 14.1. The van der Waals surface area contributed by atoms with Gasteiger partial charge in [0.05, 0.1) is 12.2 Å². The topological polar surface area (TPSA) is 40.5 Å². The molecule has 13 heavy (non-hydrogen) atoms. The lowest BCUT2D eigenvalue weighted by atomic mass is 9.88. The van der Waals surface area contributed by atoms with E-state index in [9.17, 15) is 10.2 Å². The molecule has 1 aliphatic carbocycles. The molecule has 0 amide bonds. The van der Waals surface area contributed by atoms with E-state index in [4.69, 9.17) is 0 Å². The van der Waals surface area contributed by atoms with Crippen LogP contribution in [0.2, 0.25) is 0 Å². The standard InChI is InChI=1S/C10H11IO2/c11-8-3-1-2-6-4-9(12)10(13)5-7(6)8/h1-3,9-10,12-13H,4-5H2. The molecular formula is C10H11IO2. The fourth-order valence-electron chi connectivity index (χ4n) is 1.73. The zero-order valence-corrected chi connectivity index (χ0v) is 9.23. The zero-order valence-electron chi connectivity index (χ0n) is 7.07. The van der Waals surface area contributed by atoms with Crippen LogP contribution in [-0.4, -0.2) is 22.4 Å². The maximum Gasteiger partial charge on any atom is 0.0843 e. The molecule has 2 N–H and O–H groups in total. The van der Waals surface area contributed by atoms with Gasteiger partial charge in [-0.3, -0.25) is 0 Å². The van der Waals surface area contributed by atoms with Gasteiger partial charge in [0.1, 0.15) is 0 Å². The van der Waals surface area contributed by atoms with Crippen molar-refractivity contribution >= 4 is 22.6 Å². The van der Waals surface area contributed by atoms with Gasteiger partial charge in [0.15, 0.2) is 0 Å². The van der Waals surface area contributed by atoms with Crippen LogP contribution in [0, 0.1) is 3.57 Å². The molecule has 0 saturated heterocycles. The van der Waals surface area contributed by atoms with Crippen LogP contribution in [0.4, 0.5) is 0 Å². The Morgan fingerprint density at radius 2 is 1.85 bits per heavy atom. The molecule has 2 rings (SSSR count). The van der Waals surface area contributed by atoms with Crippen LogP contribution in [0.1, 0.15) is 11.1 Å². The van der Waals surface area contributed by atoms with Gasteiger partial charge in [-0.15, -0.1) is 0 Å². The highest BCUT2D eigenvalue weighted by Gasteiger charge is 2.25. The zero-order chi connectivity index (χ0) is 9.42. The molecule has 1 aromatic carbocycles. The number of hydrogen-bond acceptors (Lipinski definition) is 2. The minimum absolute atomic E-state index is 0.577. The average Bonchev–Trinajstić information content (AvgIpc) is 2.09. The Labute approximate surface area is 90.7 Å². The summed E-state index contributed by atoms with van der Waals surface area (Å²) >= 11 is 2.27. The van der Waals surface area contributed by atoms with Crippen LogP contribution >= 0.6 is 22.6 Å². The molecule has 1 aliphatic rings. The lowest BCUT2D eigenvalue weighted by Gasteiger charge is -2.26. The van der Waals surface area contributed by atoms with Crippen molar-refractivity contribution < 1.29 is 10.2 Å². The Bertz CT molecular complexity index is 325. The third kappa shape index (κ3) is 1.73. The first kappa shape index (κ1) is 9.43. The first-order valence-electron chi connectivity index (χ1n) is 4.31. The Hall–Kier alpha value is -0.130. The van der Waals surface area contributed by atoms with Crippen molar-refractivity contribution in [3.8, 4) is 0 Å². The second-order valence-corrected chi connectivity index (χ2v) is 4.58. The number of aliphatic hydroxyl groups is 2. The van der Waals surface area contributed by atoms with E-state index < -0.39 is 12.2 Å². The highest BCUT2D eigenvalue weighted by atomic mass is 127. The maximum atomic E-state index is 9.50. The summed E-state index contributed by atoms with van der Waals surface area (Å²) < 4.78 is 1.18. The van der Waals surface area contributed by atoms with Crippen LogP contribution in [0.5, 0.6) is 0 Å². The van der Waals surface area contributed by atoms with E-state index in [1.54, 1.807) is 0 Å². The van der Waals surface area contributed by atoms with Crippen molar-refractivity contribution in [1.29, 1.82) is 0 Å². The summed E-state index contributed by atoms with van der Waals surface area (Å²) in [4.78, 5) is 0. The van der Waals surface area contributed by atoms with Crippen molar-refractivity contribution in [3.05, 3.63) is 32.9 Å². The second kappa shape index (κ2) is 3.55. The molecule has 70 valence electrons. The third-order valence-electron chi connectivity index (χ3n) is 2.50. The number of benzene rings is 1. The second-order valence-electron chi connectivity index (χ2n) is 3.42. The molecule has 2 nitrogen and oxygen atoms in total. The molecule has 0 fully saturated rings. The van der Waals surface area contributed by atoms with Gasteiger partial charge in [-0.2, -0.15) is 0 Å². The lowest BCUT2D eigenvalue weighted by Crippen LogP contribution is -2.34. The fourth-order valence-corrected chi connectivity index (χ4v) is 2.50. The summed E-state index contributed by atoms with van der Waals surface area (Å²) in [5.41, 5.74) is 2.37. The summed E-state index contributed by atoms with van der Waals surface area (Å²) in [6, 6.07) is 6.04. The van der Waals surface area contributed by atoms with Crippen LogP contribution in [0.3, 0.4) is 0 Å². The molecule has 2 unspecified atom stereocenters. The molecule has 1 aromatic rings. The predicted octanol–water partition coefficient (Wildman–Crippen LogP) is 1.11. The van der Waals surface area contributed by atoms with Crippen molar-refractivity contribution in [3.63, 3.8) is 0 Å². The summed E-state index contributed by atoms with van der Waals surface area (Å²) in [5, 5.41) is 19.0. The van der Waals surface area contributed by atoms with Gasteiger partial charge in [0, 0.05) is 16.4 Å². The molecule has 2 atom stereocenters. The lowest BCUT2D eigenvalue weighted by molar-refractivity contribution is 0.0140. The van der Waals surface area contributed by atoms with E-state index in [1.807, 2.05) is 18.2 Å². The normalized spacial score (nSPS) is 27.0. The number of hydrogen-bond donors (Lipinski definition) is 2. The van der Waals surface area contributed by atoms with Crippen molar-refractivity contribution in [1.82, 2.24) is 0 Å². The van der Waals surface area contributed by atoms with Crippen LogP contribution in [0.25, 0.3) is 0 Å². The van der Waals surface area contributed by atoms with Crippen molar-refractivity contribution in [2.75, 3.05) is 0 Å². The third-order valence-corrected chi connectivity index (χ3v) is 3.51. The molecule has 0 radical (unpaired) electrons. The van der Waals surface area contributed by atoms with E-state index in [0.29, 0.717) is 12.8 Å². The van der Waals surface area contributed by atoms with Crippen LogP contribution in [0.15, 0.2) is 18.2 Å². The largest absolute Gasteiger partial charge is 0.390 e. The first-order valence-corrected chi connectivity index (χ1v) is 5.39. The Morgan fingerprint density at radius 3 is 2.62 bits per heavy atom. The molecule has 0 heterocycles. The highest BCUT2D eigenvalue weighted by Crippen LogP contribution is 2.25. The predicted molar refractivity (Wildman–Crippen MR) is 58.6 cm³/mol. The molecule has 0 aromatic heterocycles. The minimum Gasteiger partial charge on any atom is -0.390 e. The van der Waals surface area contributed by atoms with Gasteiger partial charge < -0.3 is 10.2 Å². The van der Waals surface area contributed by atoms with Gasteiger partial charge in [-0.25, -0.2) is 0 Å². The molecule has 0 spiro atoms. The molecular weight excluding hydrogens is 279 g/mol. The summed E-state index contributed by atoms with van der Waals surface area (Å²) in [5.74, 6) is 0. The Balaban J connectivity index is 2.42. The van der Waals surface area contributed by atoms with Gasteiger partial charge >= 0.3 is 0 Å². The number of aliphatic hydroxyl groups excluding tert-OH is 2. The summed E-state index contributed by atoms with van der Waals surface area (Å²) in [7, 11) is 0. The first-order chi connectivity index (χ1) is 6.18. The molecule has 3 heteroatoms. The number of fused-ring (bicyclic) bond motifs is 1. The van der Waals surface area contributed by atoms with E-state index in [1.165, 1.54) is 14.7 Å². The van der Waals surface area contributed by atoms with Crippen molar-refractivity contribution in [2.24, 2.45) is 0 Å². The maximum absolute atomic E-state index is 9.50. The molecule has 0 saturated carbocycles. The number of rotatable bonds is 0. The van der Waals surface area contributed by atoms with E-state index in [2.05, 4.69) is 22.6 Å². The average molecular weight is 290 g/mol. The minimum atomic E-state index is -0.594. The van der Waals surface area contributed by atoms with Gasteiger partial charge in [-0.1, -0.05) is 12.1 Å². The smallest absolute Gasteiger partial charge is 0.0843 e. The Morgan fingerprint density at radius 1 is 1.15 bits per heavy atom.